The Balaban J connectivity index is 1.65. The highest BCUT2D eigenvalue weighted by atomic mass is 16.5. The molecule has 20 heavy (non-hydrogen) atoms. The van der Waals surface area contributed by atoms with Crippen molar-refractivity contribution in [3.8, 4) is 0 Å². The first-order valence-electron chi connectivity index (χ1n) is 7.26. The highest BCUT2D eigenvalue weighted by Crippen LogP contribution is 2.24. The van der Waals surface area contributed by atoms with Gasteiger partial charge in [-0.15, -0.1) is 0 Å². The van der Waals surface area contributed by atoms with Crippen LogP contribution in [-0.2, 0) is 9.47 Å². The number of rotatable bonds is 4. The molecule has 2 saturated heterocycles. The van der Waals surface area contributed by atoms with Crippen molar-refractivity contribution in [3.63, 3.8) is 0 Å². The van der Waals surface area contributed by atoms with E-state index in [-0.39, 0.29) is 0 Å². The van der Waals surface area contributed by atoms with E-state index < -0.39 is 0 Å². The fourth-order valence-corrected chi connectivity index (χ4v) is 2.60. The molecule has 0 spiro atoms. The largest absolute Gasteiger partial charge is 0.396 e. The first-order chi connectivity index (χ1) is 9.83. The number of anilines is 3. The Morgan fingerprint density at radius 2 is 2.20 bits per heavy atom. The van der Waals surface area contributed by atoms with E-state index in [0.717, 1.165) is 63.8 Å². The molecule has 1 aromatic heterocycles. The minimum absolute atomic E-state index is 0.300. The van der Waals surface area contributed by atoms with E-state index in [1.165, 1.54) is 0 Å². The van der Waals surface area contributed by atoms with Crippen LogP contribution in [0, 0.1) is 0 Å². The summed E-state index contributed by atoms with van der Waals surface area (Å²) in [6.07, 6.45) is 4.29. The SMILES string of the molecule is Nc1cnc(N2CCOCC2)cc1NCC1CCCO1. The zero-order chi connectivity index (χ0) is 13.8. The van der Waals surface area contributed by atoms with Crippen LogP contribution in [0.1, 0.15) is 12.8 Å². The summed E-state index contributed by atoms with van der Waals surface area (Å²) in [7, 11) is 0. The maximum Gasteiger partial charge on any atom is 0.130 e. The van der Waals surface area contributed by atoms with Gasteiger partial charge in [-0.3, -0.25) is 0 Å². The van der Waals surface area contributed by atoms with E-state index >= 15 is 0 Å². The van der Waals surface area contributed by atoms with Crippen molar-refractivity contribution < 1.29 is 9.47 Å². The van der Waals surface area contributed by atoms with Crippen molar-refractivity contribution in [1.29, 1.82) is 0 Å². The highest BCUT2D eigenvalue weighted by molar-refractivity contribution is 5.69. The number of nitrogen functional groups attached to an aromatic ring is 1. The Morgan fingerprint density at radius 3 is 2.95 bits per heavy atom. The van der Waals surface area contributed by atoms with E-state index in [1.54, 1.807) is 6.20 Å². The van der Waals surface area contributed by atoms with Crippen LogP contribution in [-0.4, -0.2) is 50.5 Å². The van der Waals surface area contributed by atoms with Crippen molar-refractivity contribution in [2.24, 2.45) is 0 Å². The summed E-state index contributed by atoms with van der Waals surface area (Å²) >= 11 is 0. The van der Waals surface area contributed by atoms with Gasteiger partial charge in [0.05, 0.1) is 36.9 Å². The summed E-state index contributed by atoms with van der Waals surface area (Å²) in [5.74, 6) is 0.956. The van der Waals surface area contributed by atoms with Gasteiger partial charge in [0, 0.05) is 32.3 Å². The molecule has 6 nitrogen and oxygen atoms in total. The lowest BCUT2D eigenvalue weighted by atomic mass is 10.2. The normalized spacial score (nSPS) is 23.0. The number of hydrogen-bond acceptors (Lipinski definition) is 6. The van der Waals surface area contributed by atoms with E-state index in [4.69, 9.17) is 15.2 Å². The van der Waals surface area contributed by atoms with Gasteiger partial charge in [-0.25, -0.2) is 4.98 Å². The number of morpholine rings is 1. The predicted octanol–water partition coefficient (Wildman–Crippen LogP) is 1.09. The molecular formula is C14H22N4O2. The number of ether oxygens (including phenoxy) is 2. The summed E-state index contributed by atoms with van der Waals surface area (Å²) in [6, 6.07) is 2.02. The highest BCUT2D eigenvalue weighted by Gasteiger charge is 2.17. The fourth-order valence-electron chi connectivity index (χ4n) is 2.60. The van der Waals surface area contributed by atoms with Gasteiger partial charge >= 0.3 is 0 Å². The third kappa shape index (κ3) is 3.13. The minimum Gasteiger partial charge on any atom is -0.396 e. The molecule has 2 fully saturated rings. The molecule has 0 aromatic carbocycles. The van der Waals surface area contributed by atoms with Gasteiger partial charge < -0.3 is 25.4 Å². The third-order valence-electron chi connectivity index (χ3n) is 3.80. The zero-order valence-corrected chi connectivity index (χ0v) is 11.7. The number of nitrogens with two attached hydrogens (primary N) is 1. The molecule has 3 rings (SSSR count). The van der Waals surface area contributed by atoms with Crippen LogP contribution < -0.4 is 16.0 Å². The Bertz CT molecular complexity index is 443. The number of nitrogens with one attached hydrogen (secondary N) is 1. The van der Waals surface area contributed by atoms with Crippen molar-refractivity contribution in [2.75, 3.05) is 55.4 Å². The first kappa shape index (κ1) is 13.5. The molecule has 6 heteroatoms. The molecule has 1 unspecified atom stereocenters. The van der Waals surface area contributed by atoms with Gasteiger partial charge in [-0.05, 0) is 12.8 Å². The quantitative estimate of drug-likeness (QED) is 0.859. The lowest BCUT2D eigenvalue weighted by Gasteiger charge is -2.28. The molecule has 2 aliphatic rings. The Hall–Kier alpha value is -1.53. The van der Waals surface area contributed by atoms with E-state index in [0.29, 0.717) is 11.8 Å². The lowest BCUT2D eigenvalue weighted by Crippen LogP contribution is -2.36. The zero-order valence-electron chi connectivity index (χ0n) is 11.7. The second-order valence-corrected chi connectivity index (χ2v) is 5.25. The van der Waals surface area contributed by atoms with Gasteiger partial charge in [0.15, 0.2) is 0 Å². The van der Waals surface area contributed by atoms with Crippen molar-refractivity contribution in [2.45, 2.75) is 18.9 Å². The molecule has 2 aliphatic heterocycles. The van der Waals surface area contributed by atoms with Crippen LogP contribution in [0.3, 0.4) is 0 Å². The van der Waals surface area contributed by atoms with Gasteiger partial charge in [-0.1, -0.05) is 0 Å². The average molecular weight is 278 g/mol. The van der Waals surface area contributed by atoms with E-state index in [9.17, 15) is 0 Å². The van der Waals surface area contributed by atoms with Crippen LogP contribution in [0.25, 0.3) is 0 Å². The van der Waals surface area contributed by atoms with Crippen LogP contribution in [0.5, 0.6) is 0 Å². The van der Waals surface area contributed by atoms with Gasteiger partial charge in [-0.2, -0.15) is 0 Å². The Kier molecular flexibility index (Phi) is 4.22. The Morgan fingerprint density at radius 1 is 1.35 bits per heavy atom. The Labute approximate surface area is 119 Å². The first-order valence-corrected chi connectivity index (χ1v) is 7.26. The fraction of sp³-hybridized carbons (Fsp3) is 0.643. The van der Waals surface area contributed by atoms with Crippen molar-refractivity contribution in [3.05, 3.63) is 12.3 Å². The number of hydrogen-bond donors (Lipinski definition) is 2. The summed E-state index contributed by atoms with van der Waals surface area (Å²) < 4.78 is 11.0. The number of aromatic nitrogens is 1. The number of nitrogens with zero attached hydrogens (tertiary/aromatic N) is 2. The van der Waals surface area contributed by atoms with Gasteiger partial charge in [0.25, 0.3) is 0 Å². The maximum atomic E-state index is 5.99. The molecule has 0 bridgehead atoms. The molecule has 0 radical (unpaired) electrons. The van der Waals surface area contributed by atoms with E-state index in [1.807, 2.05) is 6.07 Å². The molecule has 0 saturated carbocycles. The van der Waals surface area contributed by atoms with Gasteiger partial charge in [0.2, 0.25) is 0 Å². The molecule has 3 N–H and O–H groups in total. The second kappa shape index (κ2) is 6.28. The maximum absolute atomic E-state index is 5.99. The molecule has 110 valence electrons. The summed E-state index contributed by atoms with van der Waals surface area (Å²) in [5, 5.41) is 3.39. The number of pyridine rings is 1. The van der Waals surface area contributed by atoms with Crippen LogP contribution in [0.2, 0.25) is 0 Å². The molecule has 1 atom stereocenters. The molecule has 3 heterocycles. The summed E-state index contributed by atoms with van der Waals surface area (Å²) in [5.41, 5.74) is 7.62. The van der Waals surface area contributed by atoms with Crippen LogP contribution >= 0.6 is 0 Å². The van der Waals surface area contributed by atoms with E-state index in [2.05, 4.69) is 15.2 Å². The smallest absolute Gasteiger partial charge is 0.130 e. The third-order valence-corrected chi connectivity index (χ3v) is 3.80. The predicted molar refractivity (Wildman–Crippen MR) is 79.1 cm³/mol. The molecule has 1 aromatic rings. The summed E-state index contributed by atoms with van der Waals surface area (Å²) in [6.45, 7) is 4.94. The van der Waals surface area contributed by atoms with Gasteiger partial charge in [0.1, 0.15) is 5.82 Å². The topological polar surface area (TPSA) is 72.6 Å². The average Bonchev–Trinajstić information content (AvgIpc) is 3.01. The molecule has 0 aliphatic carbocycles. The molecule has 0 amide bonds. The van der Waals surface area contributed by atoms with Crippen molar-refractivity contribution in [1.82, 2.24) is 4.98 Å². The van der Waals surface area contributed by atoms with Crippen LogP contribution in [0.15, 0.2) is 12.3 Å². The monoisotopic (exact) mass is 278 g/mol. The minimum atomic E-state index is 0.300. The summed E-state index contributed by atoms with van der Waals surface area (Å²) in [4.78, 5) is 6.64. The second-order valence-electron chi connectivity index (χ2n) is 5.25. The van der Waals surface area contributed by atoms with Crippen LogP contribution in [0.4, 0.5) is 17.2 Å². The standard InChI is InChI=1S/C14H22N4O2/c15-12-10-17-14(18-3-6-19-7-4-18)8-13(12)16-9-11-2-1-5-20-11/h8,10-11H,1-7,9,15H2,(H,16,17). The lowest BCUT2D eigenvalue weighted by molar-refractivity contribution is 0.120. The molecular weight excluding hydrogens is 256 g/mol. The van der Waals surface area contributed by atoms with Crippen molar-refractivity contribution >= 4 is 17.2 Å².